The van der Waals surface area contributed by atoms with Gasteiger partial charge in [0.1, 0.15) is 6.61 Å². The van der Waals surface area contributed by atoms with Gasteiger partial charge in [-0.05, 0) is 38.3 Å². The first-order valence-corrected chi connectivity index (χ1v) is 7.33. The second-order valence-electron chi connectivity index (χ2n) is 5.69. The highest BCUT2D eigenvalue weighted by atomic mass is 16.5. The first kappa shape index (κ1) is 14.9. The van der Waals surface area contributed by atoms with Gasteiger partial charge in [0.2, 0.25) is 0 Å². The van der Waals surface area contributed by atoms with Gasteiger partial charge in [-0.25, -0.2) is 4.79 Å². The smallest absolute Gasteiger partial charge is 0.407 e. The van der Waals surface area contributed by atoms with Crippen molar-refractivity contribution in [2.75, 3.05) is 19.6 Å². The molecule has 1 aromatic carbocycles. The van der Waals surface area contributed by atoms with Gasteiger partial charge in [0.25, 0.3) is 0 Å². The van der Waals surface area contributed by atoms with E-state index < -0.39 is 0 Å². The van der Waals surface area contributed by atoms with Crippen molar-refractivity contribution in [3.05, 3.63) is 35.9 Å². The van der Waals surface area contributed by atoms with Crippen LogP contribution in [0.25, 0.3) is 0 Å². The number of rotatable bonds is 5. The Bertz CT molecular complexity index is 420. The summed E-state index contributed by atoms with van der Waals surface area (Å²) in [7, 11) is 0. The number of benzene rings is 1. The topological polar surface area (TPSA) is 41.6 Å². The van der Waals surface area contributed by atoms with E-state index in [0.717, 1.165) is 25.1 Å². The zero-order valence-electron chi connectivity index (χ0n) is 12.3. The molecule has 0 saturated carbocycles. The minimum atomic E-state index is -0.322. The molecule has 1 aliphatic rings. The van der Waals surface area contributed by atoms with Gasteiger partial charge in [-0.2, -0.15) is 0 Å². The monoisotopic (exact) mass is 276 g/mol. The van der Waals surface area contributed by atoms with Crippen molar-refractivity contribution in [3.63, 3.8) is 0 Å². The lowest BCUT2D eigenvalue weighted by atomic mass is 10.1. The molecule has 20 heavy (non-hydrogen) atoms. The molecule has 1 amide bonds. The molecule has 0 unspecified atom stereocenters. The number of alkyl carbamates (subject to hydrolysis) is 1. The van der Waals surface area contributed by atoms with Crippen molar-refractivity contribution < 1.29 is 9.53 Å². The summed E-state index contributed by atoms with van der Waals surface area (Å²) >= 11 is 0. The number of nitrogens with one attached hydrogen (secondary N) is 1. The van der Waals surface area contributed by atoms with E-state index in [1.165, 1.54) is 0 Å². The van der Waals surface area contributed by atoms with Gasteiger partial charge in [0.15, 0.2) is 0 Å². The van der Waals surface area contributed by atoms with Crippen LogP contribution in [-0.2, 0) is 11.3 Å². The summed E-state index contributed by atoms with van der Waals surface area (Å²) in [5.74, 6) is 0.543. The van der Waals surface area contributed by atoms with Crippen molar-refractivity contribution in [2.45, 2.75) is 32.9 Å². The van der Waals surface area contributed by atoms with E-state index in [2.05, 4.69) is 24.1 Å². The molecular weight excluding hydrogens is 252 g/mol. The van der Waals surface area contributed by atoms with Gasteiger partial charge in [0.05, 0.1) is 0 Å². The molecule has 4 nitrogen and oxygen atoms in total. The second kappa shape index (κ2) is 7.29. The van der Waals surface area contributed by atoms with Crippen molar-refractivity contribution in [3.8, 4) is 0 Å². The maximum Gasteiger partial charge on any atom is 0.407 e. The number of nitrogens with zero attached hydrogens (tertiary/aromatic N) is 1. The lowest BCUT2D eigenvalue weighted by molar-refractivity contribution is 0.138. The molecule has 1 atom stereocenters. The normalized spacial score (nSPS) is 19.2. The average molecular weight is 276 g/mol. The Morgan fingerprint density at radius 3 is 2.80 bits per heavy atom. The minimum absolute atomic E-state index is 0.322. The van der Waals surface area contributed by atoms with Gasteiger partial charge in [0, 0.05) is 19.1 Å². The lowest BCUT2D eigenvalue weighted by Gasteiger charge is -2.20. The Labute approximate surface area is 121 Å². The molecule has 4 heteroatoms. The van der Waals surface area contributed by atoms with Crippen LogP contribution in [0, 0.1) is 5.92 Å². The van der Waals surface area contributed by atoms with Gasteiger partial charge >= 0.3 is 6.09 Å². The summed E-state index contributed by atoms with van der Waals surface area (Å²) in [5, 5.41) is 2.87. The molecule has 1 aliphatic heterocycles. The molecule has 1 aromatic rings. The summed E-state index contributed by atoms with van der Waals surface area (Å²) in [6.45, 7) is 7.65. The van der Waals surface area contributed by atoms with Crippen molar-refractivity contribution in [2.24, 2.45) is 5.92 Å². The van der Waals surface area contributed by atoms with E-state index in [1.54, 1.807) is 0 Å². The molecule has 0 aromatic heterocycles. The third-order valence-electron chi connectivity index (χ3n) is 3.80. The van der Waals surface area contributed by atoms with Crippen LogP contribution in [0.3, 0.4) is 0 Å². The van der Waals surface area contributed by atoms with Crippen LogP contribution in [0.15, 0.2) is 30.3 Å². The van der Waals surface area contributed by atoms with Crippen molar-refractivity contribution in [1.29, 1.82) is 0 Å². The Balaban J connectivity index is 1.63. The number of amides is 1. The molecular formula is C16H24N2O2. The average Bonchev–Trinajstić information content (AvgIpc) is 2.93. The zero-order chi connectivity index (χ0) is 14.4. The Morgan fingerprint density at radius 2 is 2.15 bits per heavy atom. The maximum absolute atomic E-state index is 11.6. The third-order valence-corrected chi connectivity index (χ3v) is 3.80. The number of carbonyl (C=O) groups excluding carboxylic acids is 1. The van der Waals surface area contributed by atoms with Gasteiger partial charge in [-0.1, -0.05) is 30.3 Å². The summed E-state index contributed by atoms with van der Waals surface area (Å²) in [5.41, 5.74) is 1.01. The molecule has 110 valence electrons. The van der Waals surface area contributed by atoms with Crippen LogP contribution < -0.4 is 5.32 Å². The highest BCUT2D eigenvalue weighted by Crippen LogP contribution is 2.17. The van der Waals surface area contributed by atoms with Gasteiger partial charge < -0.3 is 15.0 Å². The molecule has 2 rings (SSSR count). The van der Waals surface area contributed by atoms with Crippen molar-refractivity contribution >= 4 is 6.09 Å². The molecule has 0 bridgehead atoms. The lowest BCUT2D eigenvalue weighted by Crippen LogP contribution is -2.33. The highest BCUT2D eigenvalue weighted by molar-refractivity contribution is 5.67. The van der Waals surface area contributed by atoms with E-state index in [1.807, 2.05) is 30.3 Å². The third kappa shape index (κ3) is 4.53. The summed E-state index contributed by atoms with van der Waals surface area (Å²) in [6, 6.07) is 10.3. The number of likely N-dealkylation sites (tertiary alicyclic amines) is 1. The number of hydrogen-bond acceptors (Lipinski definition) is 3. The summed E-state index contributed by atoms with van der Waals surface area (Å²) in [6.07, 6.45) is 0.828. The van der Waals surface area contributed by atoms with Gasteiger partial charge in [-0.15, -0.1) is 0 Å². The molecule has 0 aliphatic carbocycles. The van der Waals surface area contributed by atoms with E-state index in [9.17, 15) is 4.79 Å². The van der Waals surface area contributed by atoms with E-state index in [0.29, 0.717) is 25.1 Å². The van der Waals surface area contributed by atoms with Crippen LogP contribution in [0.4, 0.5) is 4.79 Å². The van der Waals surface area contributed by atoms with E-state index in [-0.39, 0.29) is 6.09 Å². The fourth-order valence-corrected chi connectivity index (χ4v) is 2.50. The number of carbonyl (C=O) groups is 1. The standard InChI is InChI=1S/C16H24N2O2/c1-13(2)18-9-8-15(11-18)10-17-16(19)20-12-14-6-4-3-5-7-14/h3-7,13,15H,8-12H2,1-2H3,(H,17,19)/t15-/m0/s1. The SMILES string of the molecule is CC(C)N1CC[C@@H](CNC(=O)OCc2ccccc2)C1. The molecule has 0 spiro atoms. The predicted molar refractivity (Wildman–Crippen MR) is 79.4 cm³/mol. The van der Waals surface area contributed by atoms with Crippen LogP contribution in [0.2, 0.25) is 0 Å². The van der Waals surface area contributed by atoms with Crippen LogP contribution >= 0.6 is 0 Å². The molecule has 1 saturated heterocycles. The Hall–Kier alpha value is -1.55. The van der Waals surface area contributed by atoms with Gasteiger partial charge in [-0.3, -0.25) is 0 Å². The number of hydrogen-bond donors (Lipinski definition) is 1. The van der Waals surface area contributed by atoms with E-state index in [4.69, 9.17) is 4.74 Å². The zero-order valence-corrected chi connectivity index (χ0v) is 12.3. The quantitative estimate of drug-likeness (QED) is 0.899. The first-order valence-electron chi connectivity index (χ1n) is 7.33. The largest absolute Gasteiger partial charge is 0.445 e. The maximum atomic E-state index is 11.6. The van der Waals surface area contributed by atoms with Crippen molar-refractivity contribution in [1.82, 2.24) is 10.2 Å². The van der Waals surface area contributed by atoms with E-state index >= 15 is 0 Å². The molecule has 1 fully saturated rings. The first-order chi connectivity index (χ1) is 9.65. The predicted octanol–water partition coefficient (Wildman–Crippen LogP) is 2.64. The summed E-state index contributed by atoms with van der Waals surface area (Å²) in [4.78, 5) is 14.1. The highest BCUT2D eigenvalue weighted by Gasteiger charge is 2.24. The molecule has 1 N–H and O–H groups in total. The fourth-order valence-electron chi connectivity index (χ4n) is 2.50. The molecule has 1 heterocycles. The van der Waals surface area contributed by atoms with Crippen LogP contribution in [0.5, 0.6) is 0 Å². The fraction of sp³-hybridized carbons (Fsp3) is 0.562. The second-order valence-corrected chi connectivity index (χ2v) is 5.69. The minimum Gasteiger partial charge on any atom is -0.445 e. The molecule has 0 radical (unpaired) electrons. The van der Waals surface area contributed by atoms with Crippen LogP contribution in [-0.4, -0.2) is 36.7 Å². The Morgan fingerprint density at radius 1 is 1.40 bits per heavy atom. The Kier molecular flexibility index (Phi) is 5.41. The van der Waals surface area contributed by atoms with Crippen LogP contribution in [0.1, 0.15) is 25.8 Å². The summed E-state index contributed by atoms with van der Waals surface area (Å²) < 4.78 is 5.20. The number of ether oxygens (including phenoxy) is 1.